The van der Waals surface area contributed by atoms with Gasteiger partial charge >= 0.3 is 0 Å². The molecule has 1 saturated carbocycles. The Hall–Kier alpha value is -2.42. The van der Waals surface area contributed by atoms with E-state index in [1.807, 2.05) is 13.8 Å². The molecule has 4 rings (SSSR count). The Labute approximate surface area is 199 Å². The average molecular weight is 490 g/mol. The van der Waals surface area contributed by atoms with Crippen LogP contribution in [-0.2, 0) is 10.0 Å². The molecule has 0 radical (unpaired) electrons. The molecule has 0 spiro atoms. The van der Waals surface area contributed by atoms with Crippen molar-refractivity contribution in [1.29, 1.82) is 0 Å². The van der Waals surface area contributed by atoms with E-state index in [0.717, 1.165) is 19.3 Å². The third-order valence-corrected chi connectivity index (χ3v) is 8.11. The summed E-state index contributed by atoms with van der Waals surface area (Å²) in [6.45, 7) is 4.98. The molecule has 2 amide bonds. The Bertz CT molecular complexity index is 1170. The minimum atomic E-state index is -3.76. The van der Waals surface area contributed by atoms with E-state index in [0.29, 0.717) is 24.3 Å². The molecule has 0 aromatic heterocycles. The molecular formula is C24H28ClN3O4S. The maximum absolute atomic E-state index is 13.2. The maximum atomic E-state index is 13.2. The van der Waals surface area contributed by atoms with Gasteiger partial charge in [0.25, 0.3) is 11.8 Å². The number of anilines is 1. The van der Waals surface area contributed by atoms with Gasteiger partial charge in [-0.2, -0.15) is 4.31 Å². The summed E-state index contributed by atoms with van der Waals surface area (Å²) in [4.78, 5) is 25.3. The molecule has 1 aliphatic heterocycles. The highest BCUT2D eigenvalue weighted by Gasteiger charge is 2.32. The second kappa shape index (κ2) is 9.44. The number of hydrogen-bond acceptors (Lipinski definition) is 4. The van der Waals surface area contributed by atoms with Crippen molar-refractivity contribution >= 4 is 39.1 Å². The van der Waals surface area contributed by atoms with Crippen LogP contribution in [0.25, 0.3) is 0 Å². The van der Waals surface area contributed by atoms with Gasteiger partial charge in [0.2, 0.25) is 10.0 Å². The molecule has 176 valence electrons. The van der Waals surface area contributed by atoms with Crippen molar-refractivity contribution in [2.75, 3.05) is 18.4 Å². The van der Waals surface area contributed by atoms with Crippen molar-refractivity contribution in [2.45, 2.75) is 44.0 Å². The first-order valence-corrected chi connectivity index (χ1v) is 13.0. The van der Waals surface area contributed by atoms with E-state index < -0.39 is 15.9 Å². The fourth-order valence-electron chi connectivity index (χ4n) is 4.22. The Morgan fingerprint density at radius 2 is 1.70 bits per heavy atom. The number of nitrogens with zero attached hydrogens (tertiary/aromatic N) is 1. The fraction of sp³-hybridized carbons (Fsp3) is 0.417. The topological polar surface area (TPSA) is 95.6 Å². The molecular weight excluding hydrogens is 462 g/mol. The van der Waals surface area contributed by atoms with Crippen LogP contribution in [0.3, 0.4) is 0 Å². The zero-order chi connectivity index (χ0) is 23.8. The van der Waals surface area contributed by atoms with Crippen LogP contribution in [-0.4, -0.2) is 43.7 Å². The third-order valence-electron chi connectivity index (χ3n) is 5.95. The standard InChI is InChI=1S/C24H28ClN3O4S/c1-15-10-16(2)14-28(13-15)33(31,32)20-8-9-22(25)21(12-20)24(30)27-19-5-3-4-17(11-19)23(29)26-18-6-7-18/h3-5,8-9,11-12,15-16,18H,6-7,10,13-14H2,1-2H3,(H,26,29)(H,27,30)/t15-,16-/m1/s1. The van der Waals surface area contributed by atoms with Gasteiger partial charge in [0, 0.05) is 30.4 Å². The largest absolute Gasteiger partial charge is 0.349 e. The minimum absolute atomic E-state index is 0.0379. The molecule has 2 aromatic rings. The molecule has 2 N–H and O–H groups in total. The first kappa shape index (κ1) is 23.7. The summed E-state index contributed by atoms with van der Waals surface area (Å²) >= 11 is 6.25. The summed E-state index contributed by atoms with van der Waals surface area (Å²) in [5.74, 6) is -0.201. The zero-order valence-corrected chi connectivity index (χ0v) is 20.2. The lowest BCUT2D eigenvalue weighted by atomic mass is 9.94. The quantitative estimate of drug-likeness (QED) is 0.637. The number of hydrogen-bond donors (Lipinski definition) is 2. The SMILES string of the molecule is C[C@@H]1C[C@@H](C)CN(S(=O)(=O)c2ccc(Cl)c(C(=O)Nc3cccc(C(=O)NC4CC4)c3)c2)C1. The van der Waals surface area contributed by atoms with Gasteiger partial charge in [-0.25, -0.2) is 8.42 Å². The Morgan fingerprint density at radius 1 is 1.00 bits per heavy atom. The van der Waals surface area contributed by atoms with E-state index in [9.17, 15) is 18.0 Å². The van der Waals surface area contributed by atoms with Gasteiger partial charge in [0.15, 0.2) is 0 Å². The molecule has 0 bridgehead atoms. The zero-order valence-electron chi connectivity index (χ0n) is 18.7. The smallest absolute Gasteiger partial charge is 0.257 e. The first-order chi connectivity index (χ1) is 15.6. The molecule has 0 unspecified atom stereocenters. The monoisotopic (exact) mass is 489 g/mol. The van der Waals surface area contributed by atoms with Crippen LogP contribution >= 0.6 is 11.6 Å². The lowest BCUT2D eigenvalue weighted by Crippen LogP contribution is -2.42. The molecule has 2 aliphatic rings. The first-order valence-electron chi connectivity index (χ1n) is 11.2. The minimum Gasteiger partial charge on any atom is -0.349 e. The van der Waals surface area contributed by atoms with Crippen molar-refractivity contribution in [1.82, 2.24) is 9.62 Å². The molecule has 1 aliphatic carbocycles. The maximum Gasteiger partial charge on any atom is 0.257 e. The predicted octanol–water partition coefficient (Wildman–Crippen LogP) is 4.15. The second-order valence-electron chi connectivity index (χ2n) is 9.19. The van der Waals surface area contributed by atoms with E-state index in [2.05, 4.69) is 10.6 Å². The van der Waals surface area contributed by atoms with Gasteiger partial charge in [0.05, 0.1) is 15.5 Å². The van der Waals surface area contributed by atoms with Crippen LogP contribution in [0.15, 0.2) is 47.4 Å². The number of piperidine rings is 1. The Morgan fingerprint density at radius 3 is 2.36 bits per heavy atom. The molecule has 33 heavy (non-hydrogen) atoms. The summed E-state index contributed by atoms with van der Waals surface area (Å²) in [5.41, 5.74) is 0.922. The Balaban J connectivity index is 1.54. The van der Waals surface area contributed by atoms with Gasteiger partial charge in [-0.1, -0.05) is 31.5 Å². The number of rotatable bonds is 6. The van der Waals surface area contributed by atoms with Crippen molar-refractivity contribution in [3.8, 4) is 0 Å². The van der Waals surface area contributed by atoms with Gasteiger partial charge < -0.3 is 10.6 Å². The van der Waals surface area contributed by atoms with Gasteiger partial charge in [0.1, 0.15) is 0 Å². The van der Waals surface area contributed by atoms with Crippen LogP contribution in [0.2, 0.25) is 5.02 Å². The summed E-state index contributed by atoms with van der Waals surface area (Å²) in [7, 11) is -3.76. The molecule has 2 aromatic carbocycles. The highest BCUT2D eigenvalue weighted by molar-refractivity contribution is 7.89. The summed E-state index contributed by atoms with van der Waals surface area (Å²) in [6, 6.07) is 11.0. The summed E-state index contributed by atoms with van der Waals surface area (Å²) in [5, 5.41) is 5.78. The van der Waals surface area contributed by atoms with E-state index in [1.165, 1.54) is 22.5 Å². The van der Waals surface area contributed by atoms with Crippen LogP contribution in [0, 0.1) is 11.8 Å². The van der Waals surface area contributed by atoms with Gasteiger partial charge in [-0.3, -0.25) is 9.59 Å². The third kappa shape index (κ3) is 5.57. The predicted molar refractivity (Wildman–Crippen MR) is 128 cm³/mol. The van der Waals surface area contributed by atoms with Gasteiger partial charge in [-0.05, 0) is 67.5 Å². The lowest BCUT2D eigenvalue weighted by Gasteiger charge is -2.34. The van der Waals surface area contributed by atoms with Crippen molar-refractivity contribution in [3.63, 3.8) is 0 Å². The number of halogens is 1. The summed E-state index contributed by atoms with van der Waals surface area (Å²) in [6.07, 6.45) is 2.95. The van der Waals surface area contributed by atoms with E-state index >= 15 is 0 Å². The molecule has 2 fully saturated rings. The van der Waals surface area contributed by atoms with Crippen LogP contribution < -0.4 is 10.6 Å². The van der Waals surface area contributed by atoms with Crippen LogP contribution in [0.1, 0.15) is 53.8 Å². The number of benzene rings is 2. The second-order valence-corrected chi connectivity index (χ2v) is 11.5. The highest BCUT2D eigenvalue weighted by Crippen LogP contribution is 2.29. The van der Waals surface area contributed by atoms with Crippen molar-refractivity contribution in [2.24, 2.45) is 11.8 Å². The molecule has 2 atom stereocenters. The average Bonchev–Trinajstić information content (AvgIpc) is 3.57. The number of carbonyl (C=O) groups excluding carboxylic acids is 2. The number of amides is 2. The molecule has 9 heteroatoms. The molecule has 7 nitrogen and oxygen atoms in total. The number of carbonyl (C=O) groups is 2. The van der Waals surface area contributed by atoms with Crippen molar-refractivity contribution < 1.29 is 18.0 Å². The highest BCUT2D eigenvalue weighted by atomic mass is 35.5. The molecule has 1 saturated heterocycles. The molecule has 1 heterocycles. The van der Waals surface area contributed by atoms with E-state index in [-0.39, 0.29) is 39.3 Å². The lowest BCUT2D eigenvalue weighted by molar-refractivity contribution is 0.0949. The van der Waals surface area contributed by atoms with Crippen LogP contribution in [0.5, 0.6) is 0 Å². The normalized spacial score (nSPS) is 21.4. The summed E-state index contributed by atoms with van der Waals surface area (Å²) < 4.78 is 28.0. The van der Waals surface area contributed by atoms with Crippen molar-refractivity contribution in [3.05, 3.63) is 58.6 Å². The number of nitrogens with one attached hydrogen (secondary N) is 2. The van der Waals surface area contributed by atoms with E-state index in [1.54, 1.807) is 24.3 Å². The van der Waals surface area contributed by atoms with Crippen LogP contribution in [0.4, 0.5) is 5.69 Å². The fourth-order valence-corrected chi connectivity index (χ4v) is 6.13. The van der Waals surface area contributed by atoms with E-state index in [4.69, 9.17) is 11.6 Å². The Kier molecular flexibility index (Phi) is 6.79. The van der Waals surface area contributed by atoms with Gasteiger partial charge in [-0.15, -0.1) is 0 Å². The number of sulfonamides is 1.